The average molecular weight is 358 g/mol. The molecule has 0 bridgehead atoms. The minimum Gasteiger partial charge on any atom is -0.349 e. The number of aryl methyl sites for hydroxylation is 1. The van der Waals surface area contributed by atoms with Crippen LogP contribution in [0.25, 0.3) is 0 Å². The van der Waals surface area contributed by atoms with E-state index in [0.29, 0.717) is 0 Å². The highest BCUT2D eigenvalue weighted by Crippen LogP contribution is 2.22. The molecule has 1 amide bonds. The van der Waals surface area contributed by atoms with E-state index in [4.69, 9.17) is 10.7 Å². The number of nitrogens with one attached hydrogen (secondary N) is 2. The SMILES string of the molecule is Cc1[nH]nc(C(=O)NCC(C)(C)S(C)(=O)=O)c1S(=O)(=O)Cl. The minimum atomic E-state index is -4.15. The lowest BCUT2D eigenvalue weighted by Gasteiger charge is -2.22. The molecule has 2 N–H and O–H groups in total. The number of hydrogen-bond acceptors (Lipinski definition) is 6. The van der Waals surface area contributed by atoms with E-state index >= 15 is 0 Å². The first kappa shape index (κ1) is 17.9. The highest BCUT2D eigenvalue weighted by Gasteiger charge is 2.32. The number of rotatable bonds is 5. The molecule has 0 fully saturated rings. The molecule has 8 nitrogen and oxygen atoms in total. The van der Waals surface area contributed by atoms with Crippen LogP contribution in [0.1, 0.15) is 30.0 Å². The summed E-state index contributed by atoms with van der Waals surface area (Å²) < 4.78 is 44.7. The highest BCUT2D eigenvalue weighted by molar-refractivity contribution is 8.13. The van der Waals surface area contributed by atoms with E-state index in [9.17, 15) is 21.6 Å². The number of nitrogens with zero attached hydrogens (tertiary/aromatic N) is 1. The van der Waals surface area contributed by atoms with Crippen LogP contribution in [0, 0.1) is 6.92 Å². The molecule has 0 aliphatic carbocycles. The topological polar surface area (TPSA) is 126 Å². The summed E-state index contributed by atoms with van der Waals surface area (Å²) in [6.07, 6.45) is 1.05. The van der Waals surface area contributed by atoms with Crippen molar-refractivity contribution in [3.05, 3.63) is 11.4 Å². The van der Waals surface area contributed by atoms with Crippen LogP contribution in [0.3, 0.4) is 0 Å². The minimum absolute atomic E-state index is 0.123. The summed E-state index contributed by atoms with van der Waals surface area (Å²) in [6, 6.07) is 0. The summed E-state index contributed by atoms with van der Waals surface area (Å²) in [7, 11) is -2.30. The van der Waals surface area contributed by atoms with Crippen molar-refractivity contribution in [2.24, 2.45) is 0 Å². The molecule has 11 heteroatoms. The molecule has 1 heterocycles. The average Bonchev–Trinajstić information content (AvgIpc) is 2.66. The molecule has 21 heavy (non-hydrogen) atoms. The Morgan fingerprint density at radius 2 is 1.86 bits per heavy atom. The van der Waals surface area contributed by atoms with Gasteiger partial charge in [0, 0.05) is 23.5 Å². The lowest BCUT2D eigenvalue weighted by molar-refractivity contribution is 0.0942. The zero-order valence-corrected chi connectivity index (χ0v) is 14.3. The van der Waals surface area contributed by atoms with Crippen molar-refractivity contribution in [3.63, 3.8) is 0 Å². The zero-order valence-electron chi connectivity index (χ0n) is 11.9. The lowest BCUT2D eigenvalue weighted by atomic mass is 10.2. The Hall–Kier alpha value is -1.13. The van der Waals surface area contributed by atoms with Gasteiger partial charge in [-0.3, -0.25) is 9.89 Å². The van der Waals surface area contributed by atoms with E-state index in [2.05, 4.69) is 15.5 Å². The normalized spacial score (nSPS) is 13.2. The van der Waals surface area contributed by atoms with Gasteiger partial charge < -0.3 is 5.32 Å². The molecule has 0 radical (unpaired) electrons. The molecule has 0 atom stereocenters. The van der Waals surface area contributed by atoms with E-state index in [1.54, 1.807) is 0 Å². The maximum Gasteiger partial charge on any atom is 0.273 e. The lowest BCUT2D eigenvalue weighted by Crippen LogP contribution is -2.44. The molecule has 0 aliphatic heterocycles. The van der Waals surface area contributed by atoms with Gasteiger partial charge in [-0.15, -0.1) is 0 Å². The van der Waals surface area contributed by atoms with Gasteiger partial charge in [0.25, 0.3) is 15.0 Å². The van der Waals surface area contributed by atoms with Crippen LogP contribution in [0.2, 0.25) is 0 Å². The molecule has 0 unspecified atom stereocenters. The van der Waals surface area contributed by atoms with E-state index in [-0.39, 0.29) is 12.2 Å². The summed E-state index contributed by atoms with van der Waals surface area (Å²) in [5, 5.41) is 8.30. The quantitative estimate of drug-likeness (QED) is 0.725. The number of amides is 1. The van der Waals surface area contributed by atoms with Crippen molar-refractivity contribution >= 4 is 35.5 Å². The molecule has 1 aromatic rings. The molecule has 0 aliphatic rings. The van der Waals surface area contributed by atoms with Crippen molar-refractivity contribution in [2.75, 3.05) is 12.8 Å². The van der Waals surface area contributed by atoms with Gasteiger partial charge in [0.15, 0.2) is 15.5 Å². The summed E-state index contributed by atoms with van der Waals surface area (Å²) in [5.41, 5.74) is -0.274. The predicted molar refractivity (Wildman–Crippen MR) is 77.6 cm³/mol. The number of aromatic amines is 1. The van der Waals surface area contributed by atoms with Gasteiger partial charge in [-0.05, 0) is 20.8 Å². The maximum absolute atomic E-state index is 12.0. The maximum atomic E-state index is 12.0. The number of halogens is 1. The van der Waals surface area contributed by atoms with Crippen molar-refractivity contribution < 1.29 is 21.6 Å². The Morgan fingerprint density at radius 3 is 2.29 bits per heavy atom. The zero-order chi connectivity index (χ0) is 16.6. The number of sulfone groups is 1. The summed E-state index contributed by atoms with van der Waals surface area (Å²) in [4.78, 5) is 11.6. The van der Waals surface area contributed by atoms with Gasteiger partial charge in [0.05, 0.1) is 10.4 Å². The second kappa shape index (κ2) is 5.58. The highest BCUT2D eigenvalue weighted by atomic mass is 35.7. The fourth-order valence-electron chi connectivity index (χ4n) is 1.38. The van der Waals surface area contributed by atoms with Crippen LogP contribution >= 0.6 is 10.7 Å². The molecule has 0 spiro atoms. The third-order valence-corrected chi connectivity index (χ3v) is 6.63. The van der Waals surface area contributed by atoms with Crippen LogP contribution in [-0.2, 0) is 18.9 Å². The number of hydrogen-bond donors (Lipinski definition) is 2. The van der Waals surface area contributed by atoms with Crippen LogP contribution < -0.4 is 5.32 Å². The van der Waals surface area contributed by atoms with Crippen molar-refractivity contribution in [1.82, 2.24) is 15.5 Å². The Morgan fingerprint density at radius 1 is 1.33 bits per heavy atom. The van der Waals surface area contributed by atoms with E-state index in [1.165, 1.54) is 20.8 Å². The summed E-state index contributed by atoms with van der Waals surface area (Å²) >= 11 is 0. The Kier molecular flexibility index (Phi) is 4.76. The van der Waals surface area contributed by atoms with E-state index in [1.807, 2.05) is 0 Å². The molecular weight excluding hydrogens is 342 g/mol. The van der Waals surface area contributed by atoms with Gasteiger partial charge in [-0.25, -0.2) is 16.8 Å². The van der Waals surface area contributed by atoms with Gasteiger partial charge >= 0.3 is 0 Å². The largest absolute Gasteiger partial charge is 0.349 e. The van der Waals surface area contributed by atoms with Crippen LogP contribution in [0.5, 0.6) is 0 Å². The van der Waals surface area contributed by atoms with Gasteiger partial charge in [-0.1, -0.05) is 0 Å². The van der Waals surface area contributed by atoms with Gasteiger partial charge in [0.1, 0.15) is 4.90 Å². The molecule has 1 rings (SSSR count). The second-order valence-electron chi connectivity index (χ2n) is 5.18. The van der Waals surface area contributed by atoms with Crippen LogP contribution in [0.4, 0.5) is 0 Å². The molecule has 0 saturated heterocycles. The molecular formula is C10H16ClN3O5S2. The fourth-order valence-corrected chi connectivity index (χ4v) is 3.06. The Bertz CT molecular complexity index is 765. The summed E-state index contributed by atoms with van der Waals surface area (Å²) in [5.74, 6) is -0.824. The van der Waals surface area contributed by atoms with Crippen LogP contribution in [-0.4, -0.2) is 50.5 Å². The third-order valence-electron chi connectivity index (χ3n) is 3.03. The predicted octanol–water partition coefficient (Wildman–Crippen LogP) is 0.199. The summed E-state index contributed by atoms with van der Waals surface area (Å²) in [6.45, 7) is 4.09. The molecule has 120 valence electrons. The molecule has 0 aromatic carbocycles. The number of H-pyrrole nitrogens is 1. The van der Waals surface area contributed by atoms with Gasteiger partial charge in [-0.2, -0.15) is 5.10 Å². The second-order valence-corrected chi connectivity index (χ2v) is 10.3. The van der Waals surface area contributed by atoms with Crippen LogP contribution in [0.15, 0.2) is 4.90 Å². The molecule has 1 aromatic heterocycles. The third kappa shape index (κ3) is 3.95. The Labute approximate surface area is 127 Å². The smallest absolute Gasteiger partial charge is 0.273 e. The van der Waals surface area contributed by atoms with E-state index < -0.39 is 40.1 Å². The first-order valence-corrected chi connectivity index (χ1v) is 9.95. The van der Waals surface area contributed by atoms with Crippen molar-refractivity contribution in [3.8, 4) is 0 Å². The number of carbonyl (C=O) groups excluding carboxylic acids is 1. The monoisotopic (exact) mass is 357 g/mol. The first-order valence-electron chi connectivity index (χ1n) is 5.75. The molecule has 0 saturated carbocycles. The van der Waals surface area contributed by atoms with Gasteiger partial charge in [0.2, 0.25) is 0 Å². The van der Waals surface area contributed by atoms with Crippen molar-refractivity contribution in [1.29, 1.82) is 0 Å². The van der Waals surface area contributed by atoms with Crippen molar-refractivity contribution in [2.45, 2.75) is 30.4 Å². The fraction of sp³-hybridized carbons (Fsp3) is 0.600. The van der Waals surface area contributed by atoms with E-state index in [0.717, 1.165) is 6.26 Å². The number of aromatic nitrogens is 2. The first-order chi connectivity index (χ1) is 9.27. The standard InChI is InChI=1S/C10H16ClN3O5S2/c1-6-8(21(11,18)19)7(14-13-6)9(15)12-5-10(2,3)20(4,16)17/h5H2,1-4H3,(H,12,15)(H,13,14). The number of carbonyl (C=O) groups is 1. The Balaban J connectivity index is 3.04.